The van der Waals surface area contributed by atoms with Gasteiger partial charge in [0.05, 0.1) is 0 Å². The van der Waals surface area contributed by atoms with Gasteiger partial charge in [-0.05, 0) is 23.8 Å². The largest absolute Gasteiger partial charge is 0.0929 e. The lowest BCUT2D eigenvalue weighted by molar-refractivity contribution is 1.62. The maximum atomic E-state index is 5.38. The molecule has 0 nitrogen and oxygen atoms in total. The molecular formula is C8H6BrCl. The number of hydrogen-bond donors (Lipinski definition) is 0. The molecule has 0 radical (unpaired) electrons. The first-order chi connectivity index (χ1) is 4.83. The Labute approximate surface area is 73.6 Å². The van der Waals surface area contributed by atoms with Gasteiger partial charge >= 0.3 is 0 Å². The molecule has 0 bridgehead atoms. The summed E-state index contributed by atoms with van der Waals surface area (Å²) in [6.07, 6.45) is 1.84. The van der Waals surface area contributed by atoms with Gasteiger partial charge in [0, 0.05) is 10.0 Å². The van der Waals surface area contributed by atoms with E-state index >= 15 is 0 Å². The molecule has 0 unspecified atom stereocenters. The van der Waals surface area contributed by atoms with Crippen LogP contribution in [-0.2, 0) is 0 Å². The molecule has 0 fully saturated rings. The summed E-state index contributed by atoms with van der Waals surface area (Å²) in [4.78, 5) is 0. The van der Waals surface area contributed by atoms with E-state index in [0.29, 0.717) is 0 Å². The Morgan fingerprint density at radius 3 is 2.30 bits per heavy atom. The lowest BCUT2D eigenvalue weighted by Crippen LogP contribution is -1.68. The Balaban J connectivity index is 2.89. The van der Waals surface area contributed by atoms with Crippen LogP contribution < -0.4 is 0 Å². The SMILES string of the molecule is Cl/C=C\c1ccc(Br)cc1. The summed E-state index contributed by atoms with van der Waals surface area (Å²) >= 11 is 8.72. The minimum Gasteiger partial charge on any atom is -0.0929 e. The van der Waals surface area contributed by atoms with E-state index < -0.39 is 0 Å². The first kappa shape index (κ1) is 7.83. The zero-order chi connectivity index (χ0) is 7.40. The third-order valence-corrected chi connectivity index (χ3v) is 1.78. The Hall–Kier alpha value is -0.270. The van der Waals surface area contributed by atoms with Crippen molar-refractivity contribution in [2.24, 2.45) is 0 Å². The van der Waals surface area contributed by atoms with Crippen LogP contribution in [0.2, 0.25) is 0 Å². The lowest BCUT2D eigenvalue weighted by atomic mass is 10.2. The van der Waals surface area contributed by atoms with E-state index in [-0.39, 0.29) is 0 Å². The van der Waals surface area contributed by atoms with Gasteiger partial charge in [0.25, 0.3) is 0 Å². The average Bonchev–Trinajstić information content (AvgIpc) is 1.95. The molecule has 52 valence electrons. The monoisotopic (exact) mass is 216 g/mol. The highest BCUT2D eigenvalue weighted by Gasteiger charge is 1.84. The van der Waals surface area contributed by atoms with Crippen molar-refractivity contribution in [3.05, 3.63) is 39.8 Å². The molecule has 0 saturated carbocycles. The summed E-state index contributed by atoms with van der Waals surface area (Å²) in [6.45, 7) is 0. The first-order valence-electron chi connectivity index (χ1n) is 2.85. The van der Waals surface area contributed by atoms with Crippen molar-refractivity contribution in [3.8, 4) is 0 Å². The van der Waals surface area contributed by atoms with Crippen LogP contribution in [0, 0.1) is 0 Å². The second-order valence-corrected chi connectivity index (χ2v) is 3.01. The molecule has 1 aromatic rings. The van der Waals surface area contributed by atoms with E-state index in [1.54, 1.807) is 0 Å². The summed E-state index contributed by atoms with van der Waals surface area (Å²) in [5.74, 6) is 0. The minimum atomic E-state index is 1.08. The minimum absolute atomic E-state index is 1.08. The maximum Gasteiger partial charge on any atom is 0.0175 e. The standard InChI is InChI=1S/C8H6BrCl/c9-8-3-1-7(2-4-8)5-6-10/h1-6H/b6-5-. The van der Waals surface area contributed by atoms with Crippen LogP contribution in [0.15, 0.2) is 34.3 Å². The van der Waals surface area contributed by atoms with Gasteiger partial charge in [-0.25, -0.2) is 0 Å². The Morgan fingerprint density at radius 1 is 1.20 bits per heavy atom. The van der Waals surface area contributed by atoms with Crippen LogP contribution in [0.3, 0.4) is 0 Å². The molecule has 1 rings (SSSR count). The molecule has 0 spiro atoms. The Morgan fingerprint density at radius 2 is 1.80 bits per heavy atom. The highest BCUT2D eigenvalue weighted by atomic mass is 79.9. The summed E-state index contributed by atoms with van der Waals surface area (Å²) in [7, 11) is 0. The number of benzene rings is 1. The molecule has 0 heterocycles. The normalized spacial score (nSPS) is 10.6. The van der Waals surface area contributed by atoms with E-state index in [1.807, 2.05) is 30.3 Å². The van der Waals surface area contributed by atoms with Crippen molar-refractivity contribution in [1.82, 2.24) is 0 Å². The fraction of sp³-hybridized carbons (Fsp3) is 0. The molecule has 0 atom stereocenters. The number of hydrogen-bond acceptors (Lipinski definition) is 0. The second-order valence-electron chi connectivity index (χ2n) is 1.84. The van der Waals surface area contributed by atoms with E-state index in [1.165, 1.54) is 5.54 Å². The van der Waals surface area contributed by atoms with E-state index in [2.05, 4.69) is 15.9 Å². The quantitative estimate of drug-likeness (QED) is 0.673. The van der Waals surface area contributed by atoms with Crippen LogP contribution in [0.5, 0.6) is 0 Å². The topological polar surface area (TPSA) is 0 Å². The van der Waals surface area contributed by atoms with Crippen molar-refractivity contribution < 1.29 is 0 Å². The van der Waals surface area contributed by atoms with E-state index in [4.69, 9.17) is 11.6 Å². The van der Waals surface area contributed by atoms with Crippen LogP contribution in [0.4, 0.5) is 0 Å². The fourth-order valence-electron chi connectivity index (χ4n) is 0.647. The average molecular weight is 217 g/mol. The first-order valence-corrected chi connectivity index (χ1v) is 4.08. The molecule has 10 heavy (non-hydrogen) atoms. The van der Waals surface area contributed by atoms with Gasteiger partial charge in [0.2, 0.25) is 0 Å². The van der Waals surface area contributed by atoms with E-state index in [9.17, 15) is 0 Å². The van der Waals surface area contributed by atoms with Crippen molar-refractivity contribution in [2.75, 3.05) is 0 Å². The van der Waals surface area contributed by atoms with Crippen molar-refractivity contribution >= 4 is 33.6 Å². The molecule has 0 aliphatic rings. The van der Waals surface area contributed by atoms with Gasteiger partial charge < -0.3 is 0 Å². The fourth-order valence-corrected chi connectivity index (χ4v) is 1.06. The van der Waals surface area contributed by atoms with Gasteiger partial charge in [0.15, 0.2) is 0 Å². The van der Waals surface area contributed by atoms with Crippen LogP contribution in [-0.4, -0.2) is 0 Å². The molecule has 0 N–H and O–H groups in total. The summed E-state index contributed by atoms with van der Waals surface area (Å²) in [6, 6.07) is 7.93. The van der Waals surface area contributed by atoms with Crippen LogP contribution >= 0.6 is 27.5 Å². The predicted molar refractivity (Wildman–Crippen MR) is 49.0 cm³/mol. The van der Waals surface area contributed by atoms with Gasteiger partial charge in [-0.2, -0.15) is 0 Å². The number of rotatable bonds is 1. The molecule has 2 heteroatoms. The van der Waals surface area contributed by atoms with Gasteiger partial charge in [0.1, 0.15) is 0 Å². The molecule has 0 aromatic heterocycles. The molecule has 0 aliphatic carbocycles. The summed E-state index contributed by atoms with van der Waals surface area (Å²) < 4.78 is 1.08. The molecule has 0 aliphatic heterocycles. The van der Waals surface area contributed by atoms with E-state index in [0.717, 1.165) is 10.0 Å². The lowest BCUT2D eigenvalue weighted by Gasteiger charge is -1.90. The second kappa shape index (κ2) is 3.79. The van der Waals surface area contributed by atoms with Crippen LogP contribution in [0.1, 0.15) is 5.56 Å². The highest BCUT2D eigenvalue weighted by molar-refractivity contribution is 9.10. The summed E-state index contributed by atoms with van der Waals surface area (Å²) in [5.41, 5.74) is 2.61. The van der Waals surface area contributed by atoms with Gasteiger partial charge in [-0.1, -0.05) is 39.7 Å². The molecular weight excluding hydrogens is 211 g/mol. The highest BCUT2D eigenvalue weighted by Crippen LogP contribution is 2.11. The van der Waals surface area contributed by atoms with Gasteiger partial charge in [-0.15, -0.1) is 0 Å². The predicted octanol–water partition coefficient (Wildman–Crippen LogP) is 3.66. The third kappa shape index (κ3) is 2.16. The summed E-state index contributed by atoms with van der Waals surface area (Å²) in [5, 5.41) is 0. The van der Waals surface area contributed by atoms with Crippen molar-refractivity contribution in [1.29, 1.82) is 0 Å². The Kier molecular flexibility index (Phi) is 2.97. The number of halogens is 2. The Bertz CT molecular complexity index is 226. The molecule has 0 saturated heterocycles. The van der Waals surface area contributed by atoms with Crippen molar-refractivity contribution in [2.45, 2.75) is 0 Å². The maximum absolute atomic E-state index is 5.38. The van der Waals surface area contributed by atoms with Crippen LogP contribution in [0.25, 0.3) is 6.08 Å². The third-order valence-electron chi connectivity index (χ3n) is 1.13. The van der Waals surface area contributed by atoms with Gasteiger partial charge in [-0.3, -0.25) is 0 Å². The molecule has 0 amide bonds. The zero-order valence-corrected chi connectivity index (χ0v) is 7.56. The van der Waals surface area contributed by atoms with Crippen molar-refractivity contribution in [3.63, 3.8) is 0 Å². The zero-order valence-electron chi connectivity index (χ0n) is 5.22. The smallest absolute Gasteiger partial charge is 0.0175 e. The molecule has 1 aromatic carbocycles.